The highest BCUT2D eigenvalue weighted by Gasteiger charge is 2.19. The number of hydrogen-bond donors (Lipinski definition) is 2. The molecular formula is C17H16N6O3S. The molecule has 2 heterocycles. The molecule has 0 bridgehead atoms. The molecule has 0 unspecified atom stereocenters. The van der Waals surface area contributed by atoms with Crippen LogP contribution in [0.5, 0.6) is 0 Å². The molecule has 1 amide bonds. The number of carbonyl (C=O) groups excluding carboxylic acids is 1. The smallest absolute Gasteiger partial charge is 0.292 e. The minimum Gasteiger partial charge on any atom is -0.337 e. The summed E-state index contributed by atoms with van der Waals surface area (Å²) in [5.41, 5.74) is 0.601. The molecule has 27 heavy (non-hydrogen) atoms. The fourth-order valence-electron chi connectivity index (χ4n) is 2.60. The van der Waals surface area contributed by atoms with Crippen LogP contribution in [0.25, 0.3) is 0 Å². The van der Waals surface area contributed by atoms with Crippen LogP contribution in [0.15, 0.2) is 36.0 Å². The lowest BCUT2D eigenvalue weighted by Gasteiger charge is -2.20. The van der Waals surface area contributed by atoms with Crippen LogP contribution in [0, 0.1) is 21.4 Å². The van der Waals surface area contributed by atoms with Crippen molar-refractivity contribution >= 4 is 33.8 Å². The average Bonchev–Trinajstić information content (AvgIpc) is 3.04. The molecule has 1 aromatic heterocycles. The number of nitro benzene ring substituents is 1. The fourth-order valence-corrected chi connectivity index (χ4v) is 3.65. The van der Waals surface area contributed by atoms with Crippen LogP contribution < -0.4 is 10.6 Å². The van der Waals surface area contributed by atoms with Crippen LogP contribution in [-0.4, -0.2) is 34.3 Å². The first kappa shape index (κ1) is 18.5. The lowest BCUT2D eigenvalue weighted by atomic mass is 10.2. The Balaban J connectivity index is 1.72. The van der Waals surface area contributed by atoms with E-state index in [0.717, 1.165) is 30.1 Å². The first-order valence-electron chi connectivity index (χ1n) is 8.06. The number of aromatic nitrogens is 1. The van der Waals surface area contributed by atoms with Gasteiger partial charge in [-0.2, -0.15) is 5.26 Å². The van der Waals surface area contributed by atoms with E-state index in [-0.39, 0.29) is 16.9 Å². The summed E-state index contributed by atoms with van der Waals surface area (Å²) in [7, 11) is 2.04. The van der Waals surface area contributed by atoms with Crippen molar-refractivity contribution in [3.63, 3.8) is 0 Å². The second kappa shape index (κ2) is 7.94. The number of nitrogens with zero attached hydrogens (tertiary/aromatic N) is 4. The molecule has 0 saturated carbocycles. The van der Waals surface area contributed by atoms with Gasteiger partial charge < -0.3 is 15.5 Å². The summed E-state index contributed by atoms with van der Waals surface area (Å²) in [5.74, 6) is -0.736. The molecule has 0 radical (unpaired) electrons. The monoisotopic (exact) mass is 384 g/mol. The standard InChI is InChI=1S/C17H16N6O3S/c1-22-7-6-13-15(10-22)27-17(21-13)19-9-11(8-18)16(24)20-12-4-2-3-5-14(12)23(25)26/h2-5,9H,6-7,10H2,1H3,(H,19,21)(H,20,24)/b11-9-. The number of nitriles is 1. The maximum atomic E-state index is 12.3. The van der Waals surface area contributed by atoms with Gasteiger partial charge in [0, 0.05) is 36.7 Å². The third kappa shape index (κ3) is 4.28. The molecule has 0 saturated heterocycles. The largest absolute Gasteiger partial charge is 0.337 e. The van der Waals surface area contributed by atoms with Crippen molar-refractivity contribution in [2.24, 2.45) is 0 Å². The first-order valence-corrected chi connectivity index (χ1v) is 8.88. The third-order valence-electron chi connectivity index (χ3n) is 3.98. The molecule has 3 rings (SSSR count). The molecule has 9 nitrogen and oxygen atoms in total. The van der Waals surface area contributed by atoms with Gasteiger partial charge in [0.1, 0.15) is 17.3 Å². The van der Waals surface area contributed by atoms with Crippen LogP contribution in [0.3, 0.4) is 0 Å². The number of likely N-dealkylation sites (N-methyl/N-ethyl adjacent to an activating group) is 1. The van der Waals surface area contributed by atoms with Gasteiger partial charge in [-0.05, 0) is 13.1 Å². The Morgan fingerprint density at radius 1 is 1.48 bits per heavy atom. The Morgan fingerprint density at radius 2 is 2.26 bits per heavy atom. The minimum absolute atomic E-state index is 0.0291. The van der Waals surface area contributed by atoms with Crippen LogP contribution >= 0.6 is 11.3 Å². The van der Waals surface area contributed by atoms with Crippen LogP contribution in [0.1, 0.15) is 10.6 Å². The molecule has 1 aliphatic heterocycles. The van der Waals surface area contributed by atoms with E-state index >= 15 is 0 Å². The zero-order valence-corrected chi connectivity index (χ0v) is 15.2. The van der Waals surface area contributed by atoms with Crippen molar-refractivity contribution in [2.45, 2.75) is 13.0 Å². The van der Waals surface area contributed by atoms with Gasteiger partial charge in [-0.3, -0.25) is 14.9 Å². The van der Waals surface area contributed by atoms with Crippen molar-refractivity contribution in [1.82, 2.24) is 9.88 Å². The number of thiazole rings is 1. The Kier molecular flexibility index (Phi) is 5.44. The Labute approximate surface area is 159 Å². The molecular weight excluding hydrogens is 368 g/mol. The topological polar surface area (TPSA) is 124 Å². The summed E-state index contributed by atoms with van der Waals surface area (Å²) in [6.45, 7) is 1.76. The Bertz CT molecular complexity index is 962. The summed E-state index contributed by atoms with van der Waals surface area (Å²) < 4.78 is 0. The average molecular weight is 384 g/mol. The van der Waals surface area contributed by atoms with Crippen LogP contribution in [-0.2, 0) is 17.8 Å². The van der Waals surface area contributed by atoms with Crippen LogP contribution in [0.2, 0.25) is 0 Å². The molecule has 0 aliphatic carbocycles. The highest BCUT2D eigenvalue weighted by atomic mass is 32.1. The summed E-state index contributed by atoms with van der Waals surface area (Å²) in [5, 5.41) is 26.2. The summed E-state index contributed by atoms with van der Waals surface area (Å²) in [4.78, 5) is 30.5. The van der Waals surface area contributed by atoms with E-state index in [1.807, 2.05) is 7.05 Å². The number of rotatable bonds is 5. The van der Waals surface area contributed by atoms with Gasteiger partial charge in [0.25, 0.3) is 11.6 Å². The predicted molar refractivity (Wildman–Crippen MR) is 101 cm³/mol. The van der Waals surface area contributed by atoms with E-state index < -0.39 is 10.8 Å². The molecule has 1 aliphatic rings. The highest BCUT2D eigenvalue weighted by molar-refractivity contribution is 7.15. The lowest BCUT2D eigenvalue weighted by molar-refractivity contribution is -0.383. The summed E-state index contributed by atoms with van der Waals surface area (Å²) in [6.07, 6.45) is 2.12. The van der Waals surface area contributed by atoms with E-state index in [9.17, 15) is 20.2 Å². The number of amides is 1. The predicted octanol–water partition coefficient (Wildman–Crippen LogP) is 2.50. The number of hydrogen-bond acceptors (Lipinski definition) is 8. The van der Waals surface area contributed by atoms with Crippen LogP contribution in [0.4, 0.5) is 16.5 Å². The number of fused-ring (bicyclic) bond motifs is 1. The third-order valence-corrected chi connectivity index (χ3v) is 4.99. The molecule has 2 aromatic rings. The van der Waals surface area contributed by atoms with Gasteiger partial charge in [-0.15, -0.1) is 11.3 Å². The van der Waals surface area contributed by atoms with Gasteiger partial charge in [0.15, 0.2) is 5.13 Å². The van der Waals surface area contributed by atoms with Gasteiger partial charge in [0.2, 0.25) is 0 Å². The molecule has 0 spiro atoms. The Morgan fingerprint density at radius 3 is 3.00 bits per heavy atom. The van der Waals surface area contributed by atoms with Gasteiger partial charge in [0.05, 0.1) is 10.6 Å². The fraction of sp³-hybridized carbons (Fsp3) is 0.235. The molecule has 2 N–H and O–H groups in total. The normalized spacial score (nSPS) is 14.1. The van der Waals surface area contributed by atoms with E-state index in [4.69, 9.17) is 0 Å². The van der Waals surface area contributed by atoms with E-state index in [1.54, 1.807) is 12.1 Å². The van der Waals surface area contributed by atoms with E-state index in [0.29, 0.717) is 5.13 Å². The van der Waals surface area contributed by atoms with Gasteiger partial charge in [-0.25, -0.2) is 4.98 Å². The number of nitro groups is 1. The number of benzene rings is 1. The molecule has 1 aromatic carbocycles. The van der Waals surface area contributed by atoms with Crippen molar-refractivity contribution in [2.75, 3.05) is 24.2 Å². The maximum absolute atomic E-state index is 12.3. The first-order chi connectivity index (χ1) is 13.0. The molecule has 0 atom stereocenters. The number of carbonyl (C=O) groups is 1. The maximum Gasteiger partial charge on any atom is 0.292 e. The van der Waals surface area contributed by atoms with Crippen molar-refractivity contribution in [3.8, 4) is 6.07 Å². The number of nitrogens with one attached hydrogen (secondary N) is 2. The van der Waals surface area contributed by atoms with E-state index in [1.165, 1.54) is 35.7 Å². The number of para-hydroxylation sites is 2. The molecule has 138 valence electrons. The lowest BCUT2D eigenvalue weighted by Crippen LogP contribution is -2.25. The zero-order valence-electron chi connectivity index (χ0n) is 14.4. The Hall–Kier alpha value is -3.29. The summed E-state index contributed by atoms with van der Waals surface area (Å²) in [6, 6.07) is 7.54. The highest BCUT2D eigenvalue weighted by Crippen LogP contribution is 2.28. The second-order valence-electron chi connectivity index (χ2n) is 5.92. The molecule has 0 fully saturated rings. The number of anilines is 2. The van der Waals surface area contributed by atoms with Gasteiger partial charge >= 0.3 is 0 Å². The van der Waals surface area contributed by atoms with Crippen molar-refractivity contribution < 1.29 is 9.72 Å². The van der Waals surface area contributed by atoms with Crippen molar-refractivity contribution in [3.05, 3.63) is 56.7 Å². The SMILES string of the molecule is CN1CCc2nc(N/C=C(/C#N)C(=O)Nc3ccccc3[N+](=O)[O-])sc2C1. The van der Waals surface area contributed by atoms with Crippen molar-refractivity contribution in [1.29, 1.82) is 5.26 Å². The minimum atomic E-state index is -0.736. The van der Waals surface area contributed by atoms with Gasteiger partial charge in [-0.1, -0.05) is 12.1 Å². The zero-order chi connectivity index (χ0) is 19.4. The summed E-state index contributed by atoms with van der Waals surface area (Å²) >= 11 is 1.47. The second-order valence-corrected chi connectivity index (χ2v) is 7.00. The molecule has 10 heteroatoms. The quantitative estimate of drug-likeness (QED) is 0.351. The van der Waals surface area contributed by atoms with E-state index in [2.05, 4.69) is 20.5 Å².